The molecule has 2 nitrogen and oxygen atoms in total. The second kappa shape index (κ2) is 6.18. The summed E-state index contributed by atoms with van der Waals surface area (Å²) in [6, 6.07) is 9.89. The smallest absolute Gasteiger partial charge is 0.162 e. The van der Waals surface area contributed by atoms with E-state index in [-0.39, 0.29) is 11.2 Å². The number of piperidine rings is 1. The number of ketones is 1. The lowest BCUT2D eigenvalue weighted by molar-refractivity contribution is 0.0974. The zero-order valence-corrected chi connectivity index (χ0v) is 10.6. The van der Waals surface area contributed by atoms with Crippen molar-refractivity contribution in [3.8, 4) is 0 Å². The van der Waals surface area contributed by atoms with E-state index < -0.39 is 0 Å². The van der Waals surface area contributed by atoms with E-state index in [0.717, 1.165) is 31.4 Å². The molecule has 2 atom stereocenters. The van der Waals surface area contributed by atoms with Crippen LogP contribution in [0.4, 0.5) is 0 Å². The fraction of sp³-hybridized carbons (Fsp3) is 0.500. The number of hydrogen-bond acceptors (Lipinski definition) is 2. The van der Waals surface area contributed by atoms with Crippen LogP contribution >= 0.6 is 11.6 Å². The first-order chi connectivity index (χ1) is 8.25. The van der Waals surface area contributed by atoms with Gasteiger partial charge in [0.05, 0.1) is 0 Å². The minimum atomic E-state index is 0.226. The van der Waals surface area contributed by atoms with Gasteiger partial charge in [-0.1, -0.05) is 30.3 Å². The molecular formula is C14H18ClNO. The van der Waals surface area contributed by atoms with Gasteiger partial charge in [0.25, 0.3) is 0 Å². The molecule has 2 rings (SSSR count). The van der Waals surface area contributed by atoms with Crippen LogP contribution in [0.15, 0.2) is 30.3 Å². The molecule has 0 aliphatic carbocycles. The number of halogens is 1. The normalized spacial score (nSPS) is 24.5. The maximum Gasteiger partial charge on any atom is 0.162 e. The molecule has 0 aromatic heterocycles. The van der Waals surface area contributed by atoms with Crippen LogP contribution in [0.3, 0.4) is 0 Å². The molecule has 1 fully saturated rings. The van der Waals surface area contributed by atoms with E-state index in [2.05, 4.69) is 5.32 Å². The number of carbonyl (C=O) groups excluding carboxylic acids is 1. The second-order valence-corrected chi connectivity index (χ2v) is 5.22. The Bertz CT molecular complexity index is 366. The Morgan fingerprint density at radius 2 is 2.12 bits per heavy atom. The van der Waals surface area contributed by atoms with Gasteiger partial charge in [-0.3, -0.25) is 4.79 Å². The predicted octanol–water partition coefficient (Wildman–Crippen LogP) is 3.01. The molecule has 0 saturated carbocycles. The van der Waals surface area contributed by atoms with Crippen LogP contribution in [-0.4, -0.2) is 23.7 Å². The SMILES string of the molecule is O=C(CCC1CC(Cl)CCN1)c1ccccc1. The van der Waals surface area contributed by atoms with Crippen molar-refractivity contribution in [3.63, 3.8) is 0 Å². The summed E-state index contributed by atoms with van der Waals surface area (Å²) in [5.74, 6) is 0.226. The van der Waals surface area contributed by atoms with Crippen LogP contribution in [-0.2, 0) is 0 Å². The third-order valence-electron chi connectivity index (χ3n) is 3.25. The molecule has 1 N–H and O–H groups in total. The van der Waals surface area contributed by atoms with Gasteiger partial charge in [0.15, 0.2) is 5.78 Å². The Morgan fingerprint density at radius 1 is 1.35 bits per heavy atom. The highest BCUT2D eigenvalue weighted by atomic mass is 35.5. The van der Waals surface area contributed by atoms with Crippen LogP contribution in [0.25, 0.3) is 0 Å². The Labute approximate surface area is 107 Å². The molecule has 0 amide bonds. The number of rotatable bonds is 4. The van der Waals surface area contributed by atoms with Gasteiger partial charge in [-0.2, -0.15) is 0 Å². The number of alkyl halides is 1. The zero-order valence-electron chi connectivity index (χ0n) is 9.86. The Kier molecular flexibility index (Phi) is 4.57. The molecule has 1 aromatic rings. The summed E-state index contributed by atoms with van der Waals surface area (Å²) >= 11 is 6.12. The Morgan fingerprint density at radius 3 is 2.82 bits per heavy atom. The lowest BCUT2D eigenvalue weighted by atomic mass is 9.97. The van der Waals surface area contributed by atoms with Gasteiger partial charge in [0, 0.05) is 23.4 Å². The number of benzene rings is 1. The Balaban J connectivity index is 1.80. The van der Waals surface area contributed by atoms with Crippen LogP contribution in [0.2, 0.25) is 0 Å². The second-order valence-electron chi connectivity index (χ2n) is 4.60. The fourth-order valence-corrected chi connectivity index (χ4v) is 2.57. The average Bonchev–Trinajstić information content (AvgIpc) is 2.37. The molecule has 1 aromatic carbocycles. The van der Waals surface area contributed by atoms with Gasteiger partial charge in [-0.15, -0.1) is 11.6 Å². The predicted molar refractivity (Wildman–Crippen MR) is 70.7 cm³/mol. The quantitative estimate of drug-likeness (QED) is 0.658. The Hall–Kier alpha value is -0.860. The van der Waals surface area contributed by atoms with E-state index in [0.29, 0.717) is 12.5 Å². The lowest BCUT2D eigenvalue weighted by Crippen LogP contribution is -2.38. The summed E-state index contributed by atoms with van der Waals surface area (Å²) in [7, 11) is 0. The molecule has 1 saturated heterocycles. The van der Waals surface area contributed by atoms with Crippen molar-refractivity contribution < 1.29 is 4.79 Å². The number of nitrogens with one attached hydrogen (secondary N) is 1. The van der Waals surface area contributed by atoms with Crippen molar-refractivity contribution in [3.05, 3.63) is 35.9 Å². The molecule has 0 spiro atoms. The monoisotopic (exact) mass is 251 g/mol. The molecule has 0 bridgehead atoms. The number of carbonyl (C=O) groups is 1. The van der Waals surface area contributed by atoms with Crippen LogP contribution in [0.1, 0.15) is 36.0 Å². The third kappa shape index (κ3) is 3.83. The summed E-state index contributed by atoms with van der Waals surface area (Å²) in [4.78, 5) is 11.9. The minimum absolute atomic E-state index is 0.226. The topological polar surface area (TPSA) is 29.1 Å². The summed E-state index contributed by atoms with van der Waals surface area (Å²) in [6.45, 7) is 0.971. The summed E-state index contributed by atoms with van der Waals surface area (Å²) in [6.07, 6.45) is 3.50. The maximum atomic E-state index is 11.9. The highest BCUT2D eigenvalue weighted by Gasteiger charge is 2.20. The molecular weight excluding hydrogens is 234 g/mol. The molecule has 2 unspecified atom stereocenters. The van der Waals surface area contributed by atoms with Gasteiger partial charge in [0.1, 0.15) is 0 Å². The molecule has 1 aliphatic rings. The summed E-state index contributed by atoms with van der Waals surface area (Å²) in [5.41, 5.74) is 0.811. The van der Waals surface area contributed by atoms with Crippen molar-refractivity contribution in [1.29, 1.82) is 0 Å². The zero-order chi connectivity index (χ0) is 12.1. The van der Waals surface area contributed by atoms with Gasteiger partial charge < -0.3 is 5.32 Å². The highest BCUT2D eigenvalue weighted by molar-refractivity contribution is 6.20. The van der Waals surface area contributed by atoms with Crippen molar-refractivity contribution in [2.24, 2.45) is 0 Å². The fourth-order valence-electron chi connectivity index (χ4n) is 2.25. The van der Waals surface area contributed by atoms with E-state index in [4.69, 9.17) is 11.6 Å². The van der Waals surface area contributed by atoms with Crippen molar-refractivity contribution >= 4 is 17.4 Å². The first-order valence-corrected chi connectivity index (χ1v) is 6.65. The van der Waals surface area contributed by atoms with Gasteiger partial charge in [-0.05, 0) is 25.8 Å². The van der Waals surface area contributed by atoms with Gasteiger partial charge in [0.2, 0.25) is 0 Å². The van der Waals surface area contributed by atoms with Gasteiger partial charge in [-0.25, -0.2) is 0 Å². The average molecular weight is 252 g/mol. The first-order valence-electron chi connectivity index (χ1n) is 6.21. The number of hydrogen-bond donors (Lipinski definition) is 1. The van der Waals surface area contributed by atoms with Crippen LogP contribution < -0.4 is 5.32 Å². The highest BCUT2D eigenvalue weighted by Crippen LogP contribution is 2.18. The minimum Gasteiger partial charge on any atom is -0.314 e. The van der Waals surface area contributed by atoms with Gasteiger partial charge >= 0.3 is 0 Å². The molecule has 1 aliphatic heterocycles. The van der Waals surface area contributed by atoms with Crippen molar-refractivity contribution in [2.75, 3.05) is 6.54 Å². The van der Waals surface area contributed by atoms with Crippen LogP contribution in [0.5, 0.6) is 0 Å². The van der Waals surface area contributed by atoms with Crippen molar-refractivity contribution in [2.45, 2.75) is 37.1 Å². The summed E-state index contributed by atoms with van der Waals surface area (Å²) in [5, 5.41) is 3.69. The third-order valence-corrected chi connectivity index (χ3v) is 3.64. The first kappa shape index (κ1) is 12.6. The number of Topliss-reactive ketones (excluding diaryl/α,β-unsaturated/α-hetero) is 1. The maximum absolute atomic E-state index is 11.9. The van der Waals surface area contributed by atoms with E-state index in [9.17, 15) is 4.79 Å². The lowest BCUT2D eigenvalue weighted by Gasteiger charge is -2.26. The molecule has 17 heavy (non-hydrogen) atoms. The van der Waals surface area contributed by atoms with E-state index >= 15 is 0 Å². The van der Waals surface area contributed by atoms with E-state index in [1.54, 1.807) is 0 Å². The van der Waals surface area contributed by atoms with Crippen molar-refractivity contribution in [1.82, 2.24) is 5.32 Å². The largest absolute Gasteiger partial charge is 0.314 e. The molecule has 3 heteroatoms. The van der Waals surface area contributed by atoms with E-state index in [1.807, 2.05) is 30.3 Å². The van der Waals surface area contributed by atoms with Crippen LogP contribution in [0, 0.1) is 0 Å². The van der Waals surface area contributed by atoms with E-state index in [1.165, 1.54) is 0 Å². The standard InChI is InChI=1S/C14H18ClNO/c15-12-8-9-16-13(10-12)6-7-14(17)11-4-2-1-3-5-11/h1-5,12-13,16H,6-10H2. The summed E-state index contributed by atoms with van der Waals surface area (Å²) < 4.78 is 0. The molecule has 1 heterocycles. The molecule has 92 valence electrons. The molecule has 0 radical (unpaired) electrons.